The van der Waals surface area contributed by atoms with Gasteiger partial charge in [0.25, 0.3) is 0 Å². The summed E-state index contributed by atoms with van der Waals surface area (Å²) in [6, 6.07) is 1.57. The Morgan fingerprint density at radius 1 is 1.36 bits per heavy atom. The van der Waals surface area contributed by atoms with Crippen LogP contribution in [-0.2, 0) is 29.5 Å². The van der Waals surface area contributed by atoms with Gasteiger partial charge in [-0.1, -0.05) is 6.92 Å². The maximum absolute atomic E-state index is 12.1. The number of carbonyl (C=O) groups is 2. The molecule has 9 heteroatoms. The number of nitrogens with one attached hydrogen (secondary N) is 1. The molecule has 0 saturated carbocycles. The summed E-state index contributed by atoms with van der Waals surface area (Å²) in [5.41, 5.74) is 0.850. The van der Waals surface area contributed by atoms with E-state index in [0.29, 0.717) is 23.9 Å². The lowest BCUT2D eigenvalue weighted by molar-refractivity contribution is -0.117. The second kappa shape index (κ2) is 6.37. The lowest BCUT2D eigenvalue weighted by Gasteiger charge is -2.06. The van der Waals surface area contributed by atoms with E-state index in [2.05, 4.69) is 25.2 Å². The molecule has 0 aromatic carbocycles. The average Bonchev–Trinajstić information content (AvgIpc) is 3.01. The molecule has 1 N–H and O–H groups in total. The molecule has 0 spiro atoms. The van der Waals surface area contributed by atoms with Crippen LogP contribution >= 0.6 is 0 Å². The summed E-state index contributed by atoms with van der Waals surface area (Å²) in [7, 11) is 2.97. The minimum atomic E-state index is -0.541. The number of ether oxygens (including phenoxy) is 1. The number of nitrogens with zero attached hydrogens (tertiary/aromatic N) is 5. The van der Waals surface area contributed by atoms with Crippen molar-refractivity contribution in [3.63, 3.8) is 0 Å². The lowest BCUT2D eigenvalue weighted by atomic mass is 10.3. The Labute approximate surface area is 127 Å². The molecule has 2 heterocycles. The van der Waals surface area contributed by atoms with Gasteiger partial charge >= 0.3 is 5.97 Å². The first kappa shape index (κ1) is 15.7. The fourth-order valence-corrected chi connectivity index (χ4v) is 1.93. The third-order valence-electron chi connectivity index (χ3n) is 2.96. The number of hydrogen-bond acceptors (Lipinski definition) is 6. The topological polar surface area (TPSA) is 104 Å². The third-order valence-corrected chi connectivity index (χ3v) is 2.96. The van der Waals surface area contributed by atoms with Gasteiger partial charge < -0.3 is 4.74 Å². The predicted octanol–water partition coefficient (Wildman–Crippen LogP) is 0.308. The van der Waals surface area contributed by atoms with Crippen LogP contribution in [0, 0.1) is 6.92 Å². The van der Waals surface area contributed by atoms with Crippen LogP contribution in [0.1, 0.15) is 28.9 Å². The zero-order valence-corrected chi connectivity index (χ0v) is 13.0. The van der Waals surface area contributed by atoms with Gasteiger partial charge in [-0.2, -0.15) is 15.2 Å². The second-order valence-electron chi connectivity index (χ2n) is 4.70. The van der Waals surface area contributed by atoms with Crippen LogP contribution in [0.3, 0.4) is 0 Å². The fraction of sp³-hybridized carbons (Fsp3) is 0.462. The molecular formula is C13H18N6O3. The number of esters is 1. The van der Waals surface area contributed by atoms with Crippen molar-refractivity contribution in [2.45, 2.75) is 26.8 Å². The highest BCUT2D eigenvalue weighted by Crippen LogP contribution is 2.07. The standard InChI is InChI=1S/C13H18N6O3/c1-5-10-14-13(18(3)17-10)15-11(20)7-19-9(12(21)22-4)6-8(2)16-19/h6H,5,7H2,1-4H3,(H,14,15,17,20). The number of aryl methyl sites for hydroxylation is 3. The highest BCUT2D eigenvalue weighted by atomic mass is 16.5. The number of methoxy groups -OCH3 is 1. The van der Waals surface area contributed by atoms with Crippen LogP contribution in [0.4, 0.5) is 5.95 Å². The van der Waals surface area contributed by atoms with Crippen LogP contribution in [0.2, 0.25) is 0 Å². The van der Waals surface area contributed by atoms with Crippen molar-refractivity contribution in [2.24, 2.45) is 7.05 Å². The smallest absolute Gasteiger partial charge is 0.356 e. The predicted molar refractivity (Wildman–Crippen MR) is 77.3 cm³/mol. The number of rotatable bonds is 5. The van der Waals surface area contributed by atoms with Gasteiger partial charge in [-0.05, 0) is 13.0 Å². The van der Waals surface area contributed by atoms with Crippen molar-refractivity contribution in [3.05, 3.63) is 23.3 Å². The molecule has 2 rings (SSSR count). The van der Waals surface area contributed by atoms with E-state index < -0.39 is 5.97 Å². The van der Waals surface area contributed by atoms with Crippen LogP contribution in [0.5, 0.6) is 0 Å². The lowest BCUT2D eigenvalue weighted by Crippen LogP contribution is -2.24. The summed E-state index contributed by atoms with van der Waals surface area (Å²) in [6.07, 6.45) is 0.675. The van der Waals surface area contributed by atoms with Gasteiger partial charge in [0, 0.05) is 13.5 Å². The molecule has 1 amide bonds. The van der Waals surface area contributed by atoms with E-state index in [4.69, 9.17) is 0 Å². The SMILES string of the molecule is CCc1nc(NC(=O)Cn2nc(C)cc2C(=O)OC)n(C)n1. The molecule has 0 bridgehead atoms. The molecule has 118 valence electrons. The van der Waals surface area contributed by atoms with Crippen molar-refractivity contribution in [1.82, 2.24) is 24.5 Å². The number of hydrogen-bond donors (Lipinski definition) is 1. The maximum Gasteiger partial charge on any atom is 0.356 e. The summed E-state index contributed by atoms with van der Waals surface area (Å²) in [6.45, 7) is 3.54. The Morgan fingerprint density at radius 3 is 2.68 bits per heavy atom. The Morgan fingerprint density at radius 2 is 2.09 bits per heavy atom. The number of aromatic nitrogens is 5. The minimum absolute atomic E-state index is 0.118. The number of carbonyl (C=O) groups excluding carboxylic acids is 2. The van der Waals surface area contributed by atoms with Gasteiger partial charge in [0.2, 0.25) is 11.9 Å². The molecule has 2 aromatic rings. The third kappa shape index (κ3) is 3.30. The first-order valence-electron chi connectivity index (χ1n) is 6.77. The van der Waals surface area contributed by atoms with Gasteiger partial charge in [-0.15, -0.1) is 0 Å². The summed E-state index contributed by atoms with van der Waals surface area (Å²) in [4.78, 5) is 27.9. The van der Waals surface area contributed by atoms with E-state index in [-0.39, 0.29) is 18.1 Å². The molecule has 0 aliphatic heterocycles. The highest BCUT2D eigenvalue weighted by molar-refractivity contribution is 5.91. The van der Waals surface area contributed by atoms with Gasteiger partial charge in [-0.25, -0.2) is 14.2 Å². The van der Waals surface area contributed by atoms with E-state index in [0.717, 1.165) is 0 Å². The molecule has 0 radical (unpaired) electrons. The minimum Gasteiger partial charge on any atom is -0.464 e. The molecule has 0 fully saturated rings. The van der Waals surface area contributed by atoms with Gasteiger partial charge in [0.1, 0.15) is 12.2 Å². The molecule has 0 unspecified atom stereocenters. The molecule has 9 nitrogen and oxygen atoms in total. The Kier molecular flexibility index (Phi) is 4.54. The summed E-state index contributed by atoms with van der Waals surface area (Å²) < 4.78 is 7.46. The second-order valence-corrected chi connectivity index (χ2v) is 4.70. The fourth-order valence-electron chi connectivity index (χ4n) is 1.93. The normalized spacial score (nSPS) is 10.5. The Balaban J connectivity index is 2.12. The van der Waals surface area contributed by atoms with Crippen molar-refractivity contribution in [2.75, 3.05) is 12.4 Å². The van der Waals surface area contributed by atoms with Crippen LogP contribution < -0.4 is 5.32 Å². The summed E-state index contributed by atoms with van der Waals surface area (Å²) >= 11 is 0. The number of amides is 1. The van der Waals surface area contributed by atoms with Crippen molar-refractivity contribution >= 4 is 17.8 Å². The Hall–Kier alpha value is -2.71. The van der Waals surface area contributed by atoms with Crippen molar-refractivity contribution < 1.29 is 14.3 Å². The average molecular weight is 306 g/mol. The summed E-state index contributed by atoms with van der Waals surface area (Å²) in [5.74, 6) is 0.0973. The van der Waals surface area contributed by atoms with Gasteiger partial charge in [-0.3, -0.25) is 10.1 Å². The zero-order chi connectivity index (χ0) is 16.3. The van der Waals surface area contributed by atoms with E-state index in [9.17, 15) is 9.59 Å². The molecule has 0 atom stereocenters. The van der Waals surface area contributed by atoms with E-state index in [1.165, 1.54) is 16.5 Å². The highest BCUT2D eigenvalue weighted by Gasteiger charge is 2.17. The quantitative estimate of drug-likeness (QED) is 0.797. The van der Waals surface area contributed by atoms with Crippen LogP contribution in [0.15, 0.2) is 6.07 Å². The zero-order valence-electron chi connectivity index (χ0n) is 13.0. The maximum atomic E-state index is 12.1. The van der Waals surface area contributed by atoms with Crippen LogP contribution in [-0.4, -0.2) is 43.5 Å². The Bertz CT molecular complexity index is 703. The largest absolute Gasteiger partial charge is 0.464 e. The first-order chi connectivity index (χ1) is 10.4. The van der Waals surface area contributed by atoms with Crippen molar-refractivity contribution in [1.29, 1.82) is 0 Å². The molecule has 0 aliphatic carbocycles. The number of anilines is 1. The van der Waals surface area contributed by atoms with Gasteiger partial charge in [0.05, 0.1) is 12.8 Å². The first-order valence-corrected chi connectivity index (χ1v) is 6.77. The molecule has 0 aliphatic rings. The van der Waals surface area contributed by atoms with Gasteiger partial charge in [0.15, 0.2) is 5.82 Å². The van der Waals surface area contributed by atoms with Crippen LogP contribution in [0.25, 0.3) is 0 Å². The molecule has 2 aromatic heterocycles. The molecular weight excluding hydrogens is 288 g/mol. The summed E-state index contributed by atoms with van der Waals surface area (Å²) in [5, 5.41) is 10.9. The monoisotopic (exact) mass is 306 g/mol. The molecule has 0 saturated heterocycles. The van der Waals surface area contributed by atoms with E-state index in [1.807, 2.05) is 6.92 Å². The van der Waals surface area contributed by atoms with Crippen molar-refractivity contribution in [3.8, 4) is 0 Å². The van der Waals surface area contributed by atoms with E-state index in [1.54, 1.807) is 20.0 Å². The van der Waals surface area contributed by atoms with E-state index >= 15 is 0 Å². The molecule has 22 heavy (non-hydrogen) atoms.